The molecule has 6 nitrogen and oxygen atoms in total. The molecule has 7 heteroatoms. The Morgan fingerprint density at radius 3 is 2.30 bits per heavy atom. The second-order valence-corrected chi connectivity index (χ2v) is 5.92. The predicted octanol–water partition coefficient (Wildman–Crippen LogP) is 3.19. The van der Waals surface area contributed by atoms with E-state index in [0.29, 0.717) is 35.1 Å². The Balaban J connectivity index is 2.22. The maximum atomic E-state index is 12.5. The Morgan fingerprint density at radius 2 is 1.74 bits per heavy atom. The molecule has 2 rings (SSSR count). The molecule has 23 heavy (non-hydrogen) atoms. The van der Waals surface area contributed by atoms with Crippen LogP contribution in [0.3, 0.4) is 0 Å². The number of benzene rings is 1. The molecule has 0 bridgehead atoms. The summed E-state index contributed by atoms with van der Waals surface area (Å²) in [4.78, 5) is 23.9. The summed E-state index contributed by atoms with van der Waals surface area (Å²) in [5.41, 5.74) is 0.401. The fraction of sp³-hybridized carbons (Fsp3) is 0.500. The quantitative estimate of drug-likeness (QED) is 0.859. The molecule has 0 heterocycles. The summed E-state index contributed by atoms with van der Waals surface area (Å²) < 4.78 is 10.3. The molecule has 0 unspecified atom stereocenters. The molecule has 2 N–H and O–H groups in total. The first-order valence-electron chi connectivity index (χ1n) is 7.43. The van der Waals surface area contributed by atoms with Gasteiger partial charge in [0.15, 0.2) is 0 Å². The predicted molar refractivity (Wildman–Crippen MR) is 86.3 cm³/mol. The van der Waals surface area contributed by atoms with Crippen molar-refractivity contribution in [3.05, 3.63) is 17.2 Å². The molecule has 0 radical (unpaired) electrons. The molecule has 1 amide bonds. The number of hydrogen-bond acceptors (Lipinski definition) is 4. The second kappa shape index (κ2) is 7.55. The lowest BCUT2D eigenvalue weighted by atomic mass is 9.78. The molecule has 0 aliphatic heterocycles. The lowest BCUT2D eigenvalue weighted by Gasteiger charge is -2.27. The fourth-order valence-corrected chi connectivity index (χ4v) is 3.16. The maximum absolute atomic E-state index is 12.5. The number of anilines is 1. The third kappa shape index (κ3) is 3.88. The number of hydrogen-bond donors (Lipinski definition) is 2. The smallest absolute Gasteiger partial charge is 0.307 e. The van der Waals surface area contributed by atoms with Gasteiger partial charge >= 0.3 is 5.97 Å². The van der Waals surface area contributed by atoms with Gasteiger partial charge in [-0.15, -0.1) is 0 Å². The Hall–Kier alpha value is -1.95. The summed E-state index contributed by atoms with van der Waals surface area (Å²) in [7, 11) is 2.96. The number of aliphatic carboxylic acids is 1. The van der Waals surface area contributed by atoms with Crippen molar-refractivity contribution in [2.75, 3.05) is 19.5 Å². The number of amides is 1. The Kier molecular flexibility index (Phi) is 5.71. The van der Waals surface area contributed by atoms with E-state index in [-0.39, 0.29) is 5.91 Å². The average Bonchev–Trinajstić information content (AvgIpc) is 2.55. The van der Waals surface area contributed by atoms with Crippen molar-refractivity contribution in [1.29, 1.82) is 0 Å². The minimum atomic E-state index is -0.926. The van der Waals surface area contributed by atoms with Crippen LogP contribution in [0.2, 0.25) is 5.02 Å². The van der Waals surface area contributed by atoms with Crippen molar-refractivity contribution < 1.29 is 24.2 Å². The molecular weight excluding hydrogens is 322 g/mol. The number of ether oxygens (including phenoxy) is 2. The van der Waals surface area contributed by atoms with Crippen LogP contribution in [0, 0.1) is 11.8 Å². The van der Waals surface area contributed by atoms with Gasteiger partial charge < -0.3 is 19.9 Å². The monoisotopic (exact) mass is 341 g/mol. The van der Waals surface area contributed by atoms with Crippen LogP contribution in [0.25, 0.3) is 0 Å². The third-order valence-electron chi connectivity index (χ3n) is 4.15. The van der Waals surface area contributed by atoms with E-state index in [1.807, 2.05) is 0 Å². The zero-order chi connectivity index (χ0) is 17.0. The van der Waals surface area contributed by atoms with Crippen LogP contribution in [0.1, 0.15) is 25.7 Å². The van der Waals surface area contributed by atoms with Crippen LogP contribution in [-0.2, 0) is 9.59 Å². The van der Waals surface area contributed by atoms with E-state index in [2.05, 4.69) is 5.32 Å². The number of rotatable bonds is 5. The van der Waals surface area contributed by atoms with Crippen molar-refractivity contribution in [3.63, 3.8) is 0 Å². The summed E-state index contributed by atoms with van der Waals surface area (Å²) in [5, 5.41) is 12.4. The van der Waals surface area contributed by atoms with Gasteiger partial charge in [0.05, 0.1) is 36.8 Å². The van der Waals surface area contributed by atoms with E-state index in [0.717, 1.165) is 12.8 Å². The van der Waals surface area contributed by atoms with Crippen molar-refractivity contribution in [3.8, 4) is 11.5 Å². The van der Waals surface area contributed by atoms with Gasteiger partial charge in [0.25, 0.3) is 0 Å². The molecule has 1 fully saturated rings. The SMILES string of the molecule is COc1cc(OC)c(NC(=O)[C@@H]2CCCC[C@@H]2C(=O)O)cc1Cl. The van der Waals surface area contributed by atoms with E-state index in [4.69, 9.17) is 21.1 Å². The Morgan fingerprint density at radius 1 is 1.13 bits per heavy atom. The molecule has 1 aliphatic carbocycles. The van der Waals surface area contributed by atoms with E-state index in [9.17, 15) is 14.7 Å². The number of carbonyl (C=O) groups excluding carboxylic acids is 1. The number of nitrogens with one attached hydrogen (secondary N) is 1. The molecule has 0 saturated heterocycles. The largest absolute Gasteiger partial charge is 0.495 e. The third-order valence-corrected chi connectivity index (χ3v) is 4.45. The van der Waals surface area contributed by atoms with Crippen molar-refractivity contribution in [2.24, 2.45) is 11.8 Å². The second-order valence-electron chi connectivity index (χ2n) is 5.51. The van der Waals surface area contributed by atoms with Gasteiger partial charge in [-0.2, -0.15) is 0 Å². The molecule has 126 valence electrons. The number of carbonyl (C=O) groups is 2. The number of carboxylic acids is 1. The highest BCUT2D eigenvalue weighted by Gasteiger charge is 2.36. The van der Waals surface area contributed by atoms with Crippen LogP contribution in [-0.4, -0.2) is 31.2 Å². The van der Waals surface area contributed by atoms with E-state index >= 15 is 0 Å². The highest BCUT2D eigenvalue weighted by molar-refractivity contribution is 6.32. The lowest BCUT2D eigenvalue weighted by molar-refractivity contribution is -0.147. The van der Waals surface area contributed by atoms with Gasteiger partial charge in [-0.05, 0) is 18.9 Å². The maximum Gasteiger partial charge on any atom is 0.307 e. The first kappa shape index (κ1) is 17.4. The molecule has 0 aromatic heterocycles. The van der Waals surface area contributed by atoms with Gasteiger partial charge in [0.1, 0.15) is 11.5 Å². The fourth-order valence-electron chi connectivity index (χ4n) is 2.92. The lowest BCUT2D eigenvalue weighted by Crippen LogP contribution is -2.36. The molecule has 1 aromatic rings. The van der Waals surface area contributed by atoms with Gasteiger partial charge in [0, 0.05) is 6.07 Å². The highest BCUT2D eigenvalue weighted by Crippen LogP contribution is 2.37. The first-order chi connectivity index (χ1) is 11.0. The molecule has 1 saturated carbocycles. The molecule has 1 aliphatic rings. The Bertz CT molecular complexity index is 604. The van der Waals surface area contributed by atoms with Gasteiger partial charge in [0.2, 0.25) is 5.91 Å². The molecule has 1 aromatic carbocycles. The Labute approximate surface area is 139 Å². The van der Waals surface area contributed by atoms with E-state index in [1.54, 1.807) is 6.07 Å². The molecule has 2 atom stereocenters. The van der Waals surface area contributed by atoms with Crippen LogP contribution in [0.15, 0.2) is 12.1 Å². The topological polar surface area (TPSA) is 84.9 Å². The first-order valence-corrected chi connectivity index (χ1v) is 7.81. The molecule has 0 spiro atoms. The summed E-state index contributed by atoms with van der Waals surface area (Å²) in [5.74, 6) is -1.61. The summed E-state index contributed by atoms with van der Waals surface area (Å²) in [6.45, 7) is 0. The molecular formula is C16H20ClNO5. The van der Waals surface area contributed by atoms with E-state index < -0.39 is 17.8 Å². The van der Waals surface area contributed by atoms with Crippen LogP contribution >= 0.6 is 11.6 Å². The van der Waals surface area contributed by atoms with Crippen molar-refractivity contribution in [2.45, 2.75) is 25.7 Å². The van der Waals surface area contributed by atoms with Crippen LogP contribution < -0.4 is 14.8 Å². The normalized spacial score (nSPS) is 20.7. The minimum absolute atomic E-state index is 0.323. The summed E-state index contributed by atoms with van der Waals surface area (Å²) in [6, 6.07) is 3.11. The van der Waals surface area contributed by atoms with Crippen LogP contribution in [0.4, 0.5) is 5.69 Å². The minimum Gasteiger partial charge on any atom is -0.495 e. The van der Waals surface area contributed by atoms with Gasteiger partial charge in [-0.25, -0.2) is 0 Å². The van der Waals surface area contributed by atoms with E-state index in [1.165, 1.54) is 20.3 Å². The van der Waals surface area contributed by atoms with Gasteiger partial charge in [-0.1, -0.05) is 24.4 Å². The summed E-state index contributed by atoms with van der Waals surface area (Å²) >= 11 is 6.08. The van der Waals surface area contributed by atoms with Crippen LogP contribution in [0.5, 0.6) is 11.5 Å². The average molecular weight is 342 g/mol. The zero-order valence-electron chi connectivity index (χ0n) is 13.1. The standard InChI is InChI=1S/C16H20ClNO5/c1-22-13-8-14(23-2)12(7-11(13)17)18-15(19)9-5-3-4-6-10(9)16(20)21/h7-10H,3-6H2,1-2H3,(H,18,19)(H,20,21)/t9-,10+/m1/s1. The zero-order valence-corrected chi connectivity index (χ0v) is 13.9. The van der Waals surface area contributed by atoms with Crippen molar-refractivity contribution >= 4 is 29.2 Å². The highest BCUT2D eigenvalue weighted by atomic mass is 35.5. The number of carboxylic acid groups (broad SMARTS) is 1. The van der Waals surface area contributed by atoms with Crippen molar-refractivity contribution in [1.82, 2.24) is 0 Å². The number of halogens is 1. The van der Waals surface area contributed by atoms with Gasteiger partial charge in [-0.3, -0.25) is 9.59 Å². The summed E-state index contributed by atoms with van der Waals surface area (Å²) in [6.07, 6.45) is 2.77. The number of methoxy groups -OCH3 is 2.